The second-order valence-electron chi connectivity index (χ2n) is 11.5. The minimum Gasteiger partial charge on any atom is -0.492 e. The number of para-hydroxylation sites is 1. The monoisotopic (exact) mass is 578 g/mol. The zero-order valence-electron chi connectivity index (χ0n) is 24.9. The molecule has 0 unspecified atom stereocenters. The Kier molecular flexibility index (Phi) is 10.4. The van der Waals surface area contributed by atoms with E-state index in [-0.39, 0.29) is 49.6 Å². The van der Waals surface area contributed by atoms with E-state index in [0.29, 0.717) is 24.0 Å². The Bertz CT molecular complexity index is 1260. The largest absolute Gasteiger partial charge is 0.492 e. The molecule has 2 aromatic carbocycles. The van der Waals surface area contributed by atoms with Gasteiger partial charge in [-0.1, -0.05) is 52.0 Å². The smallest absolute Gasteiger partial charge is 0.255 e. The van der Waals surface area contributed by atoms with Crippen molar-refractivity contribution in [2.24, 2.45) is 5.92 Å². The van der Waals surface area contributed by atoms with Crippen LogP contribution in [-0.4, -0.2) is 73.0 Å². The van der Waals surface area contributed by atoms with Crippen molar-refractivity contribution in [3.8, 4) is 11.5 Å². The van der Waals surface area contributed by atoms with Gasteiger partial charge in [0.2, 0.25) is 17.7 Å². The van der Waals surface area contributed by atoms with Crippen LogP contribution in [0.15, 0.2) is 48.5 Å². The topological polar surface area (TPSA) is 126 Å². The Labute approximate surface area is 247 Å². The molecule has 0 saturated carbocycles. The van der Waals surface area contributed by atoms with E-state index in [1.807, 2.05) is 38.1 Å². The van der Waals surface area contributed by atoms with Crippen LogP contribution in [0.5, 0.6) is 11.5 Å². The van der Waals surface area contributed by atoms with Gasteiger partial charge in [-0.2, -0.15) is 0 Å². The summed E-state index contributed by atoms with van der Waals surface area (Å²) in [6.07, 6.45) is 1.27. The summed E-state index contributed by atoms with van der Waals surface area (Å²) in [7, 11) is 0. The van der Waals surface area contributed by atoms with Gasteiger partial charge in [-0.25, -0.2) is 0 Å². The van der Waals surface area contributed by atoms with E-state index in [1.54, 1.807) is 29.2 Å². The lowest BCUT2D eigenvalue weighted by atomic mass is 10.0. The number of ether oxygens (including phenoxy) is 2. The first-order valence-electron chi connectivity index (χ1n) is 14.8. The molecule has 0 radical (unpaired) electrons. The number of benzene rings is 2. The molecule has 2 aromatic rings. The van der Waals surface area contributed by atoms with Crippen LogP contribution in [-0.2, 0) is 14.4 Å². The zero-order chi connectivity index (χ0) is 30.2. The summed E-state index contributed by atoms with van der Waals surface area (Å²) in [5.74, 6) is -0.458. The van der Waals surface area contributed by atoms with E-state index in [1.165, 1.54) is 5.56 Å². The first kappa shape index (κ1) is 30.9. The van der Waals surface area contributed by atoms with Crippen molar-refractivity contribution in [3.05, 3.63) is 59.7 Å². The van der Waals surface area contributed by atoms with Crippen molar-refractivity contribution in [2.45, 2.75) is 71.0 Å². The molecule has 10 heteroatoms. The van der Waals surface area contributed by atoms with E-state index in [9.17, 15) is 19.2 Å². The third kappa shape index (κ3) is 7.80. The molecular formula is C32H42N4O6. The standard InChI is InChI=1S/C32H42N4O6/c1-20(2)22-11-13-24(14-12-22)41-17-15-33-31(39)26-18-28(37)35-29(21(3)4)32(40)36-16-7-8-23(36)19-42-27-10-6-5-9-25(27)30(38)34-26/h5-6,9-14,20-21,23,26,29H,7-8,15-19H2,1-4H3,(H,33,39)(H,34,38)(H,35,37)/t23-,26-,29+/m0/s1. The van der Waals surface area contributed by atoms with E-state index in [4.69, 9.17) is 9.47 Å². The van der Waals surface area contributed by atoms with Crippen molar-refractivity contribution >= 4 is 23.6 Å². The number of nitrogens with zero attached hydrogens (tertiary/aromatic N) is 1. The van der Waals surface area contributed by atoms with Crippen LogP contribution in [0.4, 0.5) is 0 Å². The number of carbonyl (C=O) groups is 4. The molecule has 2 aliphatic heterocycles. The van der Waals surface area contributed by atoms with Crippen LogP contribution in [0.1, 0.15) is 68.8 Å². The molecule has 3 atom stereocenters. The molecule has 0 aliphatic carbocycles. The van der Waals surface area contributed by atoms with Gasteiger partial charge >= 0.3 is 0 Å². The minimum atomic E-state index is -1.18. The number of amides is 4. The number of fused-ring (bicyclic) bond motifs is 2. The van der Waals surface area contributed by atoms with Crippen LogP contribution < -0.4 is 25.4 Å². The third-order valence-corrected chi connectivity index (χ3v) is 7.70. The van der Waals surface area contributed by atoms with Crippen molar-refractivity contribution in [1.82, 2.24) is 20.9 Å². The van der Waals surface area contributed by atoms with Crippen molar-refractivity contribution in [1.29, 1.82) is 0 Å². The van der Waals surface area contributed by atoms with E-state index < -0.39 is 29.8 Å². The maximum atomic E-state index is 13.5. The molecule has 0 aromatic heterocycles. The van der Waals surface area contributed by atoms with E-state index >= 15 is 0 Å². The maximum absolute atomic E-state index is 13.5. The minimum absolute atomic E-state index is 0.163. The van der Waals surface area contributed by atoms with Crippen LogP contribution in [0.3, 0.4) is 0 Å². The Morgan fingerprint density at radius 2 is 1.79 bits per heavy atom. The predicted molar refractivity (Wildman–Crippen MR) is 158 cm³/mol. The Balaban J connectivity index is 1.48. The summed E-state index contributed by atoms with van der Waals surface area (Å²) in [5.41, 5.74) is 1.45. The van der Waals surface area contributed by atoms with Gasteiger partial charge in [0.15, 0.2) is 0 Å². The first-order valence-corrected chi connectivity index (χ1v) is 14.8. The normalized spacial score (nSPS) is 21.5. The van der Waals surface area contributed by atoms with Gasteiger partial charge in [0.1, 0.15) is 36.8 Å². The van der Waals surface area contributed by atoms with Crippen molar-refractivity contribution in [3.63, 3.8) is 0 Å². The fourth-order valence-electron chi connectivity index (χ4n) is 5.24. The van der Waals surface area contributed by atoms with Crippen molar-refractivity contribution < 1.29 is 28.7 Å². The molecule has 3 N–H and O–H groups in total. The average Bonchev–Trinajstić information content (AvgIpc) is 3.44. The van der Waals surface area contributed by atoms with E-state index in [2.05, 4.69) is 29.8 Å². The van der Waals surface area contributed by atoms with Gasteiger partial charge < -0.3 is 30.3 Å². The highest BCUT2D eigenvalue weighted by Crippen LogP contribution is 2.24. The quantitative estimate of drug-likeness (QED) is 0.434. The highest BCUT2D eigenvalue weighted by molar-refractivity contribution is 6.01. The fraction of sp³-hybridized carbons (Fsp3) is 0.500. The molecule has 1 fully saturated rings. The molecule has 0 spiro atoms. The number of hydrogen-bond donors (Lipinski definition) is 3. The average molecular weight is 579 g/mol. The lowest BCUT2D eigenvalue weighted by molar-refractivity contribution is -0.139. The molecule has 1 saturated heterocycles. The number of rotatable bonds is 7. The number of carbonyl (C=O) groups excluding carboxylic acids is 4. The summed E-state index contributed by atoms with van der Waals surface area (Å²) in [6, 6.07) is 12.4. The Hall–Kier alpha value is -4.08. The second-order valence-corrected chi connectivity index (χ2v) is 11.5. The van der Waals surface area contributed by atoms with E-state index in [0.717, 1.165) is 12.8 Å². The van der Waals surface area contributed by atoms with Gasteiger partial charge in [0.05, 0.1) is 24.6 Å². The zero-order valence-corrected chi connectivity index (χ0v) is 24.9. The third-order valence-electron chi connectivity index (χ3n) is 7.70. The highest BCUT2D eigenvalue weighted by atomic mass is 16.5. The SMILES string of the molecule is CC(C)c1ccc(OCCNC(=O)[C@@H]2CC(=O)N[C@H](C(C)C)C(=O)N3CCC[C@H]3COc3ccccc3C(=O)N2)cc1. The Morgan fingerprint density at radius 1 is 1.05 bits per heavy atom. The first-order chi connectivity index (χ1) is 20.1. The second kappa shape index (κ2) is 14.2. The lowest BCUT2D eigenvalue weighted by Gasteiger charge is -2.32. The predicted octanol–water partition coefficient (Wildman–Crippen LogP) is 3.02. The Morgan fingerprint density at radius 3 is 2.50 bits per heavy atom. The van der Waals surface area contributed by atoms with Crippen LogP contribution in [0.25, 0.3) is 0 Å². The van der Waals surface area contributed by atoms with Gasteiger partial charge in [-0.15, -0.1) is 0 Å². The summed E-state index contributed by atoms with van der Waals surface area (Å²) in [4.78, 5) is 55.1. The van der Waals surface area contributed by atoms with Gasteiger partial charge in [0, 0.05) is 6.54 Å². The van der Waals surface area contributed by atoms with Gasteiger partial charge in [0.25, 0.3) is 5.91 Å². The summed E-state index contributed by atoms with van der Waals surface area (Å²) in [6.45, 7) is 9.13. The molecule has 10 nitrogen and oxygen atoms in total. The van der Waals surface area contributed by atoms with Crippen LogP contribution >= 0.6 is 0 Å². The fourth-order valence-corrected chi connectivity index (χ4v) is 5.24. The summed E-state index contributed by atoms with van der Waals surface area (Å²) < 4.78 is 11.8. The molecule has 4 amide bonds. The molecule has 2 heterocycles. The molecule has 226 valence electrons. The van der Waals surface area contributed by atoms with Gasteiger partial charge in [-0.05, 0) is 54.5 Å². The molecule has 4 rings (SSSR count). The number of nitrogens with one attached hydrogen (secondary N) is 3. The lowest BCUT2D eigenvalue weighted by Crippen LogP contribution is -2.55. The molecular weight excluding hydrogens is 536 g/mol. The number of hydrogen-bond acceptors (Lipinski definition) is 6. The summed E-state index contributed by atoms with van der Waals surface area (Å²) >= 11 is 0. The molecule has 0 bridgehead atoms. The molecule has 42 heavy (non-hydrogen) atoms. The summed E-state index contributed by atoms with van der Waals surface area (Å²) in [5, 5.41) is 8.29. The molecule has 2 aliphatic rings. The van der Waals surface area contributed by atoms with Gasteiger partial charge in [-0.3, -0.25) is 19.2 Å². The maximum Gasteiger partial charge on any atom is 0.255 e. The van der Waals surface area contributed by atoms with Crippen LogP contribution in [0.2, 0.25) is 0 Å². The highest BCUT2D eigenvalue weighted by Gasteiger charge is 2.37. The van der Waals surface area contributed by atoms with Crippen molar-refractivity contribution in [2.75, 3.05) is 26.3 Å². The van der Waals surface area contributed by atoms with Crippen LogP contribution in [0, 0.1) is 5.92 Å².